The Bertz CT molecular complexity index is 1660. The number of oxazole rings is 1. The summed E-state index contributed by atoms with van der Waals surface area (Å²) in [7, 11) is 1.58. The van der Waals surface area contributed by atoms with Crippen molar-refractivity contribution in [3.05, 3.63) is 96.0 Å². The highest BCUT2D eigenvalue weighted by Crippen LogP contribution is 2.30. The van der Waals surface area contributed by atoms with Crippen molar-refractivity contribution in [1.29, 1.82) is 0 Å². The summed E-state index contributed by atoms with van der Waals surface area (Å²) < 4.78 is 22.6. The molecule has 2 aliphatic rings. The number of cyclic esters (lactones) is 1. The van der Waals surface area contributed by atoms with Gasteiger partial charge in [-0.2, -0.15) is 0 Å². The number of ether oxygens (including phenoxy) is 3. The van der Waals surface area contributed by atoms with E-state index in [0.717, 1.165) is 49.8 Å². The number of carbonyl (C=O) groups excluding carboxylic acids is 2. The van der Waals surface area contributed by atoms with Gasteiger partial charge in [-0.15, -0.1) is 0 Å². The lowest BCUT2D eigenvalue weighted by Gasteiger charge is -2.34. The summed E-state index contributed by atoms with van der Waals surface area (Å²) in [5.41, 5.74) is 2.61. The standard InChI is InChI=1S/C35H38N6O6/c1-44-29-12-9-27(23-31(29)45-24-28-25-46-32(38-28)14-11-26-7-3-2-4-8-26)10-13-30-33(42)41(35(43)47-30)18-6-17-39-19-21-40(22-20-39)34-36-15-5-16-37-34/h2-5,7-9,11-12,14-16,23,25,30H,6,10,13,17-22,24H2,1H3/b14-11+. The van der Waals surface area contributed by atoms with Crippen molar-refractivity contribution in [1.82, 2.24) is 24.8 Å². The van der Waals surface area contributed by atoms with Crippen LogP contribution in [0.4, 0.5) is 10.7 Å². The number of piperazine rings is 1. The molecule has 0 N–H and O–H groups in total. The smallest absolute Gasteiger partial charge is 0.417 e. The number of aromatic nitrogens is 3. The molecule has 0 bridgehead atoms. The molecule has 1 atom stereocenters. The summed E-state index contributed by atoms with van der Waals surface area (Å²) in [5.74, 6) is 2.06. The number of methoxy groups -OCH3 is 1. The van der Waals surface area contributed by atoms with Gasteiger partial charge in [0, 0.05) is 51.2 Å². The summed E-state index contributed by atoms with van der Waals surface area (Å²) in [6.07, 6.45) is 9.00. The van der Waals surface area contributed by atoms with Crippen molar-refractivity contribution >= 4 is 30.1 Å². The molecule has 1 unspecified atom stereocenters. The Labute approximate surface area is 273 Å². The van der Waals surface area contributed by atoms with Crippen LogP contribution < -0.4 is 14.4 Å². The van der Waals surface area contributed by atoms with E-state index in [-0.39, 0.29) is 12.5 Å². The third-order valence-electron chi connectivity index (χ3n) is 8.15. The van der Waals surface area contributed by atoms with Crippen LogP contribution in [-0.2, 0) is 22.6 Å². The van der Waals surface area contributed by atoms with Gasteiger partial charge in [0.15, 0.2) is 17.6 Å². The van der Waals surface area contributed by atoms with Crippen molar-refractivity contribution < 1.29 is 28.2 Å². The first-order chi connectivity index (χ1) is 23.1. The number of carbonyl (C=O) groups is 2. The number of benzene rings is 2. The monoisotopic (exact) mass is 638 g/mol. The van der Waals surface area contributed by atoms with Gasteiger partial charge in [0.05, 0.1) is 7.11 Å². The van der Waals surface area contributed by atoms with Crippen LogP contribution >= 0.6 is 0 Å². The normalized spacial score (nSPS) is 17.0. The molecule has 0 spiro atoms. The van der Waals surface area contributed by atoms with E-state index < -0.39 is 12.2 Å². The van der Waals surface area contributed by atoms with Gasteiger partial charge in [-0.3, -0.25) is 9.69 Å². The highest BCUT2D eigenvalue weighted by atomic mass is 16.6. The van der Waals surface area contributed by atoms with Crippen LogP contribution in [0.1, 0.15) is 35.6 Å². The Morgan fingerprint density at radius 3 is 2.53 bits per heavy atom. The van der Waals surface area contributed by atoms with Crippen molar-refractivity contribution in [3.8, 4) is 11.5 Å². The largest absolute Gasteiger partial charge is 0.493 e. The summed E-state index contributed by atoms with van der Waals surface area (Å²) in [5, 5.41) is 0. The first-order valence-corrected chi connectivity index (χ1v) is 15.8. The molecule has 2 aromatic carbocycles. The maximum atomic E-state index is 13.1. The second-order valence-corrected chi connectivity index (χ2v) is 11.3. The quantitative estimate of drug-likeness (QED) is 0.191. The number of hydrogen-bond donors (Lipinski definition) is 0. The predicted octanol–water partition coefficient (Wildman–Crippen LogP) is 4.71. The van der Waals surface area contributed by atoms with E-state index in [1.165, 1.54) is 4.90 Å². The van der Waals surface area contributed by atoms with Gasteiger partial charge in [0.1, 0.15) is 18.6 Å². The van der Waals surface area contributed by atoms with E-state index in [2.05, 4.69) is 24.8 Å². The van der Waals surface area contributed by atoms with Gasteiger partial charge in [0.25, 0.3) is 5.91 Å². The minimum atomic E-state index is -0.805. The third kappa shape index (κ3) is 8.33. The molecule has 2 aliphatic heterocycles. The van der Waals surface area contributed by atoms with Crippen LogP contribution in [0.3, 0.4) is 0 Å². The zero-order chi connectivity index (χ0) is 32.4. The minimum absolute atomic E-state index is 0.188. The third-order valence-corrected chi connectivity index (χ3v) is 8.15. The van der Waals surface area contributed by atoms with E-state index in [4.69, 9.17) is 18.6 Å². The fraction of sp³-hybridized carbons (Fsp3) is 0.343. The molecule has 4 heterocycles. The molecule has 0 saturated carbocycles. The summed E-state index contributed by atoms with van der Waals surface area (Å²) in [6.45, 7) is 4.73. The molecule has 244 valence electrons. The Morgan fingerprint density at radius 1 is 0.936 bits per heavy atom. The number of amides is 2. The van der Waals surface area contributed by atoms with Crippen LogP contribution in [0.15, 0.2) is 77.7 Å². The molecule has 2 saturated heterocycles. The number of nitrogens with zero attached hydrogens (tertiary/aromatic N) is 6. The summed E-state index contributed by atoms with van der Waals surface area (Å²) in [6, 6.07) is 17.3. The first kappa shape index (κ1) is 31.7. The van der Waals surface area contributed by atoms with Crippen LogP contribution in [0, 0.1) is 0 Å². The van der Waals surface area contributed by atoms with Gasteiger partial charge >= 0.3 is 6.09 Å². The van der Waals surface area contributed by atoms with E-state index in [1.54, 1.807) is 25.8 Å². The van der Waals surface area contributed by atoms with Crippen molar-refractivity contribution in [2.75, 3.05) is 51.3 Å². The number of hydrogen-bond acceptors (Lipinski definition) is 11. The van der Waals surface area contributed by atoms with Crippen molar-refractivity contribution in [2.24, 2.45) is 0 Å². The Balaban J connectivity index is 0.951. The van der Waals surface area contributed by atoms with Gasteiger partial charge < -0.3 is 23.5 Å². The maximum absolute atomic E-state index is 13.1. The first-order valence-electron chi connectivity index (χ1n) is 15.8. The van der Waals surface area contributed by atoms with Crippen LogP contribution in [-0.4, -0.2) is 89.2 Å². The Morgan fingerprint density at radius 2 is 1.74 bits per heavy atom. The second-order valence-electron chi connectivity index (χ2n) is 11.3. The van der Waals surface area contributed by atoms with Crippen LogP contribution in [0.2, 0.25) is 0 Å². The van der Waals surface area contributed by atoms with E-state index in [0.29, 0.717) is 48.9 Å². The van der Waals surface area contributed by atoms with Crippen LogP contribution in [0.25, 0.3) is 12.2 Å². The maximum Gasteiger partial charge on any atom is 0.417 e. The van der Waals surface area contributed by atoms with Crippen LogP contribution in [0.5, 0.6) is 11.5 Å². The lowest BCUT2D eigenvalue weighted by Crippen LogP contribution is -2.47. The average Bonchev–Trinajstić information content (AvgIpc) is 3.69. The van der Waals surface area contributed by atoms with Crippen molar-refractivity contribution in [3.63, 3.8) is 0 Å². The molecule has 2 amide bonds. The molecule has 12 nitrogen and oxygen atoms in total. The molecular formula is C35H38N6O6. The predicted molar refractivity (Wildman–Crippen MR) is 175 cm³/mol. The van der Waals surface area contributed by atoms with Gasteiger partial charge in [-0.25, -0.2) is 24.6 Å². The average molecular weight is 639 g/mol. The van der Waals surface area contributed by atoms with Crippen molar-refractivity contribution in [2.45, 2.75) is 32.0 Å². The van der Waals surface area contributed by atoms with E-state index in [9.17, 15) is 9.59 Å². The molecule has 0 aliphatic carbocycles. The fourth-order valence-corrected chi connectivity index (χ4v) is 5.60. The van der Waals surface area contributed by atoms with E-state index >= 15 is 0 Å². The summed E-state index contributed by atoms with van der Waals surface area (Å²) >= 11 is 0. The lowest BCUT2D eigenvalue weighted by atomic mass is 10.1. The number of aryl methyl sites for hydroxylation is 1. The van der Waals surface area contributed by atoms with Gasteiger partial charge in [0.2, 0.25) is 11.8 Å². The molecule has 2 fully saturated rings. The highest BCUT2D eigenvalue weighted by Gasteiger charge is 2.39. The molecular weight excluding hydrogens is 600 g/mol. The second kappa shape index (κ2) is 15.4. The number of imide groups is 1. The lowest BCUT2D eigenvalue weighted by molar-refractivity contribution is -0.129. The Hall–Kier alpha value is -5.23. The SMILES string of the molecule is COc1ccc(CCC2OC(=O)N(CCCN3CCN(c4ncccn4)CC3)C2=O)cc1OCc1coc(/C=C/c2ccccc2)n1. The molecule has 6 rings (SSSR count). The zero-order valence-corrected chi connectivity index (χ0v) is 26.4. The highest BCUT2D eigenvalue weighted by molar-refractivity contribution is 6.00. The Kier molecular flexibility index (Phi) is 10.4. The summed E-state index contributed by atoms with van der Waals surface area (Å²) in [4.78, 5) is 44.5. The number of anilines is 1. The molecule has 47 heavy (non-hydrogen) atoms. The molecule has 4 aromatic rings. The van der Waals surface area contributed by atoms with E-state index in [1.807, 2.05) is 66.7 Å². The fourth-order valence-electron chi connectivity index (χ4n) is 5.60. The van der Waals surface area contributed by atoms with Gasteiger partial charge in [-0.1, -0.05) is 36.4 Å². The van der Waals surface area contributed by atoms with Gasteiger partial charge in [-0.05, 0) is 61.2 Å². The zero-order valence-electron chi connectivity index (χ0n) is 26.4. The molecule has 2 aromatic heterocycles. The molecule has 0 radical (unpaired) electrons. The number of rotatable bonds is 14. The minimum Gasteiger partial charge on any atom is -0.493 e. The molecule has 12 heteroatoms. The topological polar surface area (TPSA) is 123 Å².